The molecule has 0 spiro atoms. The van der Waals surface area contributed by atoms with Gasteiger partial charge in [0.2, 0.25) is 5.91 Å². The van der Waals surface area contributed by atoms with Gasteiger partial charge in [-0.3, -0.25) is 4.79 Å². The summed E-state index contributed by atoms with van der Waals surface area (Å²) < 4.78 is 0. The summed E-state index contributed by atoms with van der Waals surface area (Å²) in [4.78, 5) is 22.1. The van der Waals surface area contributed by atoms with Crippen LogP contribution in [0.2, 0.25) is 0 Å². The second kappa shape index (κ2) is 4.41. The van der Waals surface area contributed by atoms with E-state index in [0.717, 1.165) is 12.8 Å². The van der Waals surface area contributed by atoms with E-state index in [9.17, 15) is 9.59 Å². The first-order valence-corrected chi connectivity index (χ1v) is 4.85. The summed E-state index contributed by atoms with van der Waals surface area (Å²) in [5.41, 5.74) is 5.48. The van der Waals surface area contributed by atoms with Crippen LogP contribution in [0, 0.1) is 5.92 Å². The predicted octanol–water partition coefficient (Wildman–Crippen LogP) is -0.297. The van der Waals surface area contributed by atoms with Crippen LogP contribution in [-0.2, 0) is 9.59 Å². The van der Waals surface area contributed by atoms with Gasteiger partial charge in [0.1, 0.15) is 6.04 Å². The smallest absolute Gasteiger partial charge is 0.326 e. The van der Waals surface area contributed by atoms with Gasteiger partial charge >= 0.3 is 5.97 Å². The van der Waals surface area contributed by atoms with E-state index in [0.29, 0.717) is 6.42 Å². The molecule has 5 heteroatoms. The molecule has 0 heterocycles. The van der Waals surface area contributed by atoms with E-state index in [1.54, 1.807) is 6.92 Å². The monoisotopic (exact) mass is 200 g/mol. The van der Waals surface area contributed by atoms with E-state index < -0.39 is 18.1 Å². The number of carbonyl (C=O) groups excluding carboxylic acids is 1. The molecule has 1 aliphatic carbocycles. The van der Waals surface area contributed by atoms with Gasteiger partial charge in [0.05, 0.1) is 6.04 Å². The minimum Gasteiger partial charge on any atom is -0.480 e. The molecule has 0 aromatic rings. The van der Waals surface area contributed by atoms with Crippen LogP contribution in [-0.4, -0.2) is 29.1 Å². The lowest BCUT2D eigenvalue weighted by atomic mass is 10.1. The van der Waals surface area contributed by atoms with E-state index in [4.69, 9.17) is 10.8 Å². The molecular formula is C9H16N2O3. The van der Waals surface area contributed by atoms with E-state index in [1.165, 1.54) is 0 Å². The van der Waals surface area contributed by atoms with Gasteiger partial charge < -0.3 is 16.2 Å². The molecule has 1 unspecified atom stereocenters. The van der Waals surface area contributed by atoms with Gasteiger partial charge in [-0.15, -0.1) is 0 Å². The zero-order valence-corrected chi connectivity index (χ0v) is 8.19. The van der Waals surface area contributed by atoms with Crippen molar-refractivity contribution in [2.45, 2.75) is 38.3 Å². The Morgan fingerprint density at radius 2 is 2.14 bits per heavy atom. The average Bonchev–Trinajstić information content (AvgIpc) is 2.95. The van der Waals surface area contributed by atoms with Crippen molar-refractivity contribution in [2.75, 3.05) is 0 Å². The maximum atomic E-state index is 11.3. The maximum absolute atomic E-state index is 11.3. The second-order valence-electron chi connectivity index (χ2n) is 3.68. The van der Waals surface area contributed by atoms with Gasteiger partial charge in [-0.1, -0.05) is 6.92 Å². The van der Waals surface area contributed by atoms with Crippen LogP contribution >= 0.6 is 0 Å². The van der Waals surface area contributed by atoms with Gasteiger partial charge in [-0.05, 0) is 25.2 Å². The minimum absolute atomic E-state index is 0.0977. The number of rotatable bonds is 5. The van der Waals surface area contributed by atoms with E-state index >= 15 is 0 Å². The summed E-state index contributed by atoms with van der Waals surface area (Å²) >= 11 is 0. The summed E-state index contributed by atoms with van der Waals surface area (Å²) in [6.07, 6.45) is 2.26. The number of nitrogens with two attached hydrogens (primary N) is 1. The number of aliphatic carboxylic acids is 1. The Kier molecular flexibility index (Phi) is 3.46. The first-order chi connectivity index (χ1) is 6.56. The summed E-state index contributed by atoms with van der Waals surface area (Å²) in [5, 5.41) is 11.3. The van der Waals surface area contributed by atoms with Crippen LogP contribution in [0.4, 0.5) is 0 Å². The number of amides is 1. The van der Waals surface area contributed by atoms with Crippen molar-refractivity contribution in [3.05, 3.63) is 0 Å². The lowest BCUT2D eigenvalue weighted by molar-refractivity contribution is -0.142. The molecule has 1 rings (SSSR count). The van der Waals surface area contributed by atoms with Gasteiger partial charge in [0.25, 0.3) is 0 Å². The Labute approximate surface area is 82.7 Å². The highest BCUT2D eigenvalue weighted by atomic mass is 16.4. The van der Waals surface area contributed by atoms with Crippen LogP contribution in [0.1, 0.15) is 26.2 Å². The third-order valence-electron chi connectivity index (χ3n) is 2.43. The number of hydrogen-bond acceptors (Lipinski definition) is 3. The van der Waals surface area contributed by atoms with E-state index in [-0.39, 0.29) is 11.8 Å². The third kappa shape index (κ3) is 2.70. The first kappa shape index (κ1) is 11.0. The zero-order chi connectivity index (χ0) is 10.7. The fourth-order valence-electron chi connectivity index (χ4n) is 1.26. The van der Waals surface area contributed by atoms with Crippen LogP contribution < -0.4 is 11.1 Å². The largest absolute Gasteiger partial charge is 0.480 e. The average molecular weight is 200 g/mol. The molecule has 2 atom stereocenters. The van der Waals surface area contributed by atoms with Gasteiger partial charge in [0.15, 0.2) is 0 Å². The Hall–Kier alpha value is -1.10. The molecule has 1 saturated carbocycles. The molecule has 5 nitrogen and oxygen atoms in total. The lowest BCUT2D eigenvalue weighted by Gasteiger charge is -2.16. The Morgan fingerprint density at radius 1 is 1.57 bits per heavy atom. The molecule has 4 N–H and O–H groups in total. The highest BCUT2D eigenvalue weighted by Gasteiger charge is 2.37. The molecule has 1 amide bonds. The van der Waals surface area contributed by atoms with E-state index in [2.05, 4.69) is 5.32 Å². The normalized spacial score (nSPS) is 19.9. The zero-order valence-electron chi connectivity index (χ0n) is 8.19. The van der Waals surface area contributed by atoms with Gasteiger partial charge in [-0.25, -0.2) is 4.79 Å². The third-order valence-corrected chi connectivity index (χ3v) is 2.43. The second-order valence-corrected chi connectivity index (χ2v) is 3.68. The lowest BCUT2D eigenvalue weighted by Crippen LogP contribution is -2.49. The highest BCUT2D eigenvalue weighted by Crippen LogP contribution is 2.32. The summed E-state index contributed by atoms with van der Waals surface area (Å²) in [6.45, 7) is 1.79. The molecule has 1 aliphatic rings. The molecule has 14 heavy (non-hydrogen) atoms. The van der Waals surface area contributed by atoms with Crippen molar-refractivity contribution < 1.29 is 14.7 Å². The standard InChI is InChI=1S/C9H16N2O3/c1-2-6(10)8(12)11-7(9(13)14)5-3-4-5/h5-7H,2-4,10H2,1H3,(H,11,12)(H,13,14)/t6-,7?/m1/s1. The van der Waals surface area contributed by atoms with Crippen molar-refractivity contribution in [1.29, 1.82) is 0 Å². The summed E-state index contributed by atoms with van der Waals surface area (Å²) in [6, 6.07) is -1.35. The van der Waals surface area contributed by atoms with Crippen molar-refractivity contribution in [3.63, 3.8) is 0 Å². The molecule has 80 valence electrons. The fraction of sp³-hybridized carbons (Fsp3) is 0.778. The fourth-order valence-corrected chi connectivity index (χ4v) is 1.26. The summed E-state index contributed by atoms with van der Waals surface area (Å²) in [7, 11) is 0. The summed E-state index contributed by atoms with van der Waals surface area (Å²) in [5.74, 6) is -1.24. The maximum Gasteiger partial charge on any atom is 0.326 e. The van der Waals surface area contributed by atoms with Crippen molar-refractivity contribution >= 4 is 11.9 Å². The Balaban J connectivity index is 2.46. The molecular weight excluding hydrogens is 184 g/mol. The number of hydrogen-bond donors (Lipinski definition) is 3. The molecule has 0 radical (unpaired) electrons. The van der Waals surface area contributed by atoms with E-state index in [1.807, 2.05) is 0 Å². The highest BCUT2D eigenvalue weighted by molar-refractivity contribution is 5.87. The molecule has 1 fully saturated rings. The Morgan fingerprint density at radius 3 is 2.50 bits per heavy atom. The first-order valence-electron chi connectivity index (χ1n) is 4.85. The molecule has 0 saturated heterocycles. The van der Waals surface area contributed by atoms with Crippen LogP contribution in [0.15, 0.2) is 0 Å². The number of carboxylic acid groups (broad SMARTS) is 1. The van der Waals surface area contributed by atoms with Gasteiger partial charge in [-0.2, -0.15) is 0 Å². The van der Waals surface area contributed by atoms with Crippen molar-refractivity contribution in [3.8, 4) is 0 Å². The quantitative estimate of drug-likeness (QED) is 0.568. The van der Waals surface area contributed by atoms with Crippen molar-refractivity contribution in [2.24, 2.45) is 11.7 Å². The molecule has 0 aromatic heterocycles. The van der Waals surface area contributed by atoms with Crippen LogP contribution in [0.5, 0.6) is 0 Å². The Bertz CT molecular complexity index is 238. The van der Waals surface area contributed by atoms with Gasteiger partial charge in [0, 0.05) is 0 Å². The predicted molar refractivity (Wildman–Crippen MR) is 50.6 cm³/mol. The van der Waals surface area contributed by atoms with Crippen molar-refractivity contribution in [1.82, 2.24) is 5.32 Å². The molecule has 0 aromatic carbocycles. The number of carboxylic acids is 1. The topological polar surface area (TPSA) is 92.4 Å². The number of nitrogens with one attached hydrogen (secondary N) is 1. The van der Waals surface area contributed by atoms with Crippen LogP contribution in [0.25, 0.3) is 0 Å². The SMILES string of the molecule is CC[C@@H](N)C(=O)NC(C(=O)O)C1CC1. The van der Waals surface area contributed by atoms with Crippen LogP contribution in [0.3, 0.4) is 0 Å². The number of carbonyl (C=O) groups is 2. The molecule has 0 aliphatic heterocycles. The molecule has 0 bridgehead atoms. The minimum atomic E-state index is -0.968.